The summed E-state index contributed by atoms with van der Waals surface area (Å²) in [5.41, 5.74) is 1.16. The van der Waals surface area contributed by atoms with E-state index in [2.05, 4.69) is 5.32 Å². The lowest BCUT2D eigenvalue weighted by molar-refractivity contribution is 0.0947. The highest BCUT2D eigenvalue weighted by Crippen LogP contribution is 2.30. The van der Waals surface area contributed by atoms with Crippen LogP contribution < -0.4 is 14.8 Å². The van der Waals surface area contributed by atoms with Gasteiger partial charge in [-0.25, -0.2) is 0 Å². The molecule has 1 unspecified atom stereocenters. The van der Waals surface area contributed by atoms with Crippen molar-refractivity contribution < 1.29 is 19.7 Å². The average molecular weight is 267 g/mol. The SMILES string of the molecule is OCC(O)CNCCc1ccc2c(c1)OCCCO2. The van der Waals surface area contributed by atoms with E-state index in [1.165, 1.54) is 0 Å². The van der Waals surface area contributed by atoms with Gasteiger partial charge < -0.3 is 25.0 Å². The maximum absolute atomic E-state index is 9.20. The minimum atomic E-state index is -0.691. The van der Waals surface area contributed by atoms with Crippen LogP contribution in [0.5, 0.6) is 11.5 Å². The van der Waals surface area contributed by atoms with Crippen molar-refractivity contribution in [3.05, 3.63) is 23.8 Å². The van der Waals surface area contributed by atoms with Crippen molar-refractivity contribution >= 4 is 0 Å². The molecular weight excluding hydrogens is 246 g/mol. The van der Waals surface area contributed by atoms with Gasteiger partial charge in [-0.05, 0) is 30.7 Å². The fourth-order valence-corrected chi connectivity index (χ4v) is 1.93. The molecule has 1 heterocycles. The third kappa shape index (κ3) is 4.38. The Bertz CT molecular complexity index is 397. The standard InChI is InChI=1S/C14H21NO4/c16-10-12(17)9-15-5-4-11-2-3-13-14(8-11)19-7-1-6-18-13/h2-3,8,12,15-17H,1,4-7,9-10H2. The van der Waals surface area contributed by atoms with Gasteiger partial charge in [-0.1, -0.05) is 6.07 Å². The molecule has 0 spiro atoms. The summed E-state index contributed by atoms with van der Waals surface area (Å²) in [6.45, 7) is 2.33. The maximum Gasteiger partial charge on any atom is 0.161 e. The molecule has 106 valence electrons. The first-order valence-electron chi connectivity index (χ1n) is 6.68. The molecule has 0 bridgehead atoms. The number of aliphatic hydroxyl groups excluding tert-OH is 2. The van der Waals surface area contributed by atoms with E-state index in [0.717, 1.165) is 36.4 Å². The molecule has 1 atom stereocenters. The molecule has 2 rings (SSSR count). The van der Waals surface area contributed by atoms with Gasteiger partial charge in [0, 0.05) is 13.0 Å². The summed E-state index contributed by atoms with van der Waals surface area (Å²) in [5.74, 6) is 1.62. The van der Waals surface area contributed by atoms with E-state index < -0.39 is 6.10 Å². The molecule has 5 nitrogen and oxygen atoms in total. The molecule has 1 aliphatic rings. The smallest absolute Gasteiger partial charge is 0.161 e. The zero-order valence-corrected chi connectivity index (χ0v) is 11.0. The Morgan fingerprint density at radius 3 is 2.79 bits per heavy atom. The molecule has 5 heteroatoms. The van der Waals surface area contributed by atoms with E-state index in [4.69, 9.17) is 14.6 Å². The van der Waals surface area contributed by atoms with E-state index in [1.54, 1.807) is 0 Å². The van der Waals surface area contributed by atoms with Gasteiger partial charge in [0.15, 0.2) is 11.5 Å². The Labute approximate surface area is 113 Å². The second-order valence-corrected chi connectivity index (χ2v) is 4.62. The number of nitrogens with one attached hydrogen (secondary N) is 1. The third-order valence-corrected chi connectivity index (χ3v) is 2.99. The lowest BCUT2D eigenvalue weighted by Crippen LogP contribution is -2.30. The molecule has 0 radical (unpaired) electrons. The number of aliphatic hydroxyl groups is 2. The molecule has 3 N–H and O–H groups in total. The Morgan fingerprint density at radius 2 is 2.00 bits per heavy atom. The lowest BCUT2D eigenvalue weighted by atomic mass is 10.1. The van der Waals surface area contributed by atoms with Crippen molar-refractivity contribution in [2.75, 3.05) is 32.9 Å². The predicted octanol–water partition coefficient (Wildman–Crippen LogP) is 0.333. The van der Waals surface area contributed by atoms with Gasteiger partial charge in [-0.3, -0.25) is 0 Å². The Kier molecular flexibility index (Phi) is 5.44. The molecular formula is C14H21NO4. The third-order valence-electron chi connectivity index (χ3n) is 2.99. The number of benzene rings is 1. The lowest BCUT2D eigenvalue weighted by Gasteiger charge is -2.11. The Balaban J connectivity index is 1.82. The van der Waals surface area contributed by atoms with Crippen LogP contribution in [0.15, 0.2) is 18.2 Å². The van der Waals surface area contributed by atoms with Gasteiger partial charge in [0.1, 0.15) is 0 Å². The predicted molar refractivity (Wildman–Crippen MR) is 71.7 cm³/mol. The molecule has 1 aromatic carbocycles. The minimum Gasteiger partial charge on any atom is -0.490 e. The van der Waals surface area contributed by atoms with Crippen LogP contribution in [-0.2, 0) is 6.42 Å². The van der Waals surface area contributed by atoms with Crippen LogP contribution in [0.25, 0.3) is 0 Å². The maximum atomic E-state index is 9.20. The first kappa shape index (κ1) is 14.1. The van der Waals surface area contributed by atoms with E-state index in [1.807, 2.05) is 18.2 Å². The van der Waals surface area contributed by atoms with E-state index in [9.17, 15) is 5.11 Å². The molecule has 1 aliphatic heterocycles. The fourth-order valence-electron chi connectivity index (χ4n) is 1.93. The summed E-state index contributed by atoms with van der Waals surface area (Å²) in [7, 11) is 0. The molecule has 0 fully saturated rings. The normalized spacial score (nSPS) is 15.9. The highest BCUT2D eigenvalue weighted by Gasteiger charge is 2.10. The van der Waals surface area contributed by atoms with Crippen LogP contribution in [0.4, 0.5) is 0 Å². The molecule has 0 aromatic heterocycles. The van der Waals surface area contributed by atoms with Crippen LogP contribution in [0.2, 0.25) is 0 Å². The summed E-state index contributed by atoms with van der Waals surface area (Å²) in [4.78, 5) is 0. The van der Waals surface area contributed by atoms with E-state index >= 15 is 0 Å². The number of hydrogen-bond acceptors (Lipinski definition) is 5. The summed E-state index contributed by atoms with van der Waals surface area (Å²) in [6, 6.07) is 5.97. The summed E-state index contributed by atoms with van der Waals surface area (Å²) < 4.78 is 11.2. The number of hydrogen-bond donors (Lipinski definition) is 3. The zero-order chi connectivity index (χ0) is 13.5. The average Bonchev–Trinajstić information content (AvgIpc) is 2.68. The highest BCUT2D eigenvalue weighted by molar-refractivity contribution is 5.43. The minimum absolute atomic E-state index is 0.211. The van der Waals surface area contributed by atoms with Gasteiger partial charge >= 0.3 is 0 Å². The second kappa shape index (κ2) is 7.33. The molecule has 1 aromatic rings. The molecule has 0 amide bonds. The number of rotatable bonds is 6. The summed E-state index contributed by atoms with van der Waals surface area (Å²) >= 11 is 0. The van der Waals surface area contributed by atoms with E-state index in [0.29, 0.717) is 19.8 Å². The number of fused-ring (bicyclic) bond motifs is 1. The van der Waals surface area contributed by atoms with E-state index in [-0.39, 0.29) is 6.61 Å². The molecule has 19 heavy (non-hydrogen) atoms. The Morgan fingerprint density at radius 1 is 1.21 bits per heavy atom. The largest absolute Gasteiger partial charge is 0.490 e. The fraction of sp³-hybridized carbons (Fsp3) is 0.571. The zero-order valence-electron chi connectivity index (χ0n) is 11.0. The van der Waals surface area contributed by atoms with Crippen molar-refractivity contribution in [1.29, 1.82) is 0 Å². The van der Waals surface area contributed by atoms with Crippen LogP contribution in [0, 0.1) is 0 Å². The van der Waals surface area contributed by atoms with Crippen LogP contribution in [0.3, 0.4) is 0 Å². The van der Waals surface area contributed by atoms with Gasteiger partial charge in [-0.2, -0.15) is 0 Å². The van der Waals surface area contributed by atoms with Crippen LogP contribution in [-0.4, -0.2) is 49.2 Å². The van der Waals surface area contributed by atoms with Crippen molar-refractivity contribution in [2.45, 2.75) is 18.9 Å². The van der Waals surface area contributed by atoms with Crippen molar-refractivity contribution in [2.24, 2.45) is 0 Å². The first-order valence-corrected chi connectivity index (χ1v) is 6.68. The molecule has 0 saturated heterocycles. The first-order chi connectivity index (χ1) is 9.29. The number of ether oxygens (including phenoxy) is 2. The van der Waals surface area contributed by atoms with Gasteiger partial charge in [-0.15, -0.1) is 0 Å². The van der Waals surface area contributed by atoms with Gasteiger partial charge in [0.25, 0.3) is 0 Å². The topological polar surface area (TPSA) is 71.0 Å². The second-order valence-electron chi connectivity index (χ2n) is 4.62. The van der Waals surface area contributed by atoms with Gasteiger partial charge in [0.05, 0.1) is 25.9 Å². The van der Waals surface area contributed by atoms with Crippen molar-refractivity contribution in [3.63, 3.8) is 0 Å². The molecule has 0 saturated carbocycles. The Hall–Kier alpha value is -1.30. The summed E-state index contributed by atoms with van der Waals surface area (Å²) in [6.07, 6.45) is 1.06. The molecule has 0 aliphatic carbocycles. The highest BCUT2D eigenvalue weighted by atomic mass is 16.5. The van der Waals surface area contributed by atoms with Crippen molar-refractivity contribution in [3.8, 4) is 11.5 Å². The quantitative estimate of drug-likeness (QED) is 0.648. The summed E-state index contributed by atoms with van der Waals surface area (Å²) in [5, 5.41) is 21.0. The van der Waals surface area contributed by atoms with Crippen molar-refractivity contribution in [1.82, 2.24) is 5.32 Å². The van der Waals surface area contributed by atoms with Gasteiger partial charge in [0.2, 0.25) is 0 Å². The van der Waals surface area contributed by atoms with Crippen LogP contribution in [0.1, 0.15) is 12.0 Å². The van der Waals surface area contributed by atoms with Crippen LogP contribution >= 0.6 is 0 Å². The monoisotopic (exact) mass is 267 g/mol.